The molecule has 1 saturated carbocycles. The monoisotopic (exact) mass is 504 g/mol. The Morgan fingerprint density at radius 1 is 1.11 bits per heavy atom. The van der Waals surface area contributed by atoms with E-state index in [4.69, 9.17) is 9.72 Å². The first-order chi connectivity index (χ1) is 16.8. The summed E-state index contributed by atoms with van der Waals surface area (Å²) in [6.07, 6.45) is 0.0319. The highest BCUT2D eigenvalue weighted by molar-refractivity contribution is 7.18. The molecule has 1 aliphatic heterocycles. The third-order valence-electron chi connectivity index (χ3n) is 6.76. The molecule has 2 fully saturated rings. The lowest BCUT2D eigenvalue weighted by molar-refractivity contribution is -0.141. The zero-order valence-electron chi connectivity index (χ0n) is 19.4. The predicted molar refractivity (Wildman–Crippen MR) is 130 cm³/mol. The maximum Gasteiger partial charge on any atom is 0.433 e. The lowest BCUT2D eigenvalue weighted by Gasteiger charge is -2.30. The van der Waals surface area contributed by atoms with Crippen LogP contribution < -0.4 is 10.2 Å². The Labute approximate surface area is 205 Å². The number of aromatic nitrogens is 2. The number of ether oxygens (including phenoxy) is 1. The number of fused-ring (bicyclic) bond motifs is 1. The van der Waals surface area contributed by atoms with Gasteiger partial charge in [-0.25, -0.2) is 9.97 Å². The first-order valence-electron chi connectivity index (χ1n) is 11.9. The van der Waals surface area contributed by atoms with Crippen LogP contribution >= 0.6 is 11.3 Å². The number of amides is 1. The van der Waals surface area contributed by atoms with Crippen LogP contribution in [0.2, 0.25) is 0 Å². The summed E-state index contributed by atoms with van der Waals surface area (Å²) in [6, 6.07) is 7.19. The van der Waals surface area contributed by atoms with Crippen molar-refractivity contribution in [2.24, 2.45) is 5.92 Å². The Balaban J connectivity index is 1.48. The summed E-state index contributed by atoms with van der Waals surface area (Å²) >= 11 is 1.63. The summed E-state index contributed by atoms with van der Waals surface area (Å²) in [6.45, 7) is 4.70. The predicted octanol–water partition coefficient (Wildman–Crippen LogP) is 6.09. The van der Waals surface area contributed by atoms with Gasteiger partial charge in [-0.1, -0.05) is 25.8 Å². The first-order valence-corrected chi connectivity index (χ1v) is 12.7. The molecular weight excluding hydrogens is 477 g/mol. The highest BCUT2D eigenvalue weighted by Crippen LogP contribution is 2.41. The van der Waals surface area contributed by atoms with E-state index in [1.165, 1.54) is 25.0 Å². The van der Waals surface area contributed by atoms with Crippen LogP contribution in [0.1, 0.15) is 59.7 Å². The molecule has 3 aromatic rings. The molecule has 0 bridgehead atoms. The lowest BCUT2D eigenvalue weighted by atomic mass is 9.83. The van der Waals surface area contributed by atoms with Gasteiger partial charge in [-0.3, -0.25) is 4.79 Å². The number of morpholine rings is 1. The minimum absolute atomic E-state index is 0.283. The number of alkyl halides is 3. The van der Waals surface area contributed by atoms with Crippen LogP contribution in [-0.4, -0.2) is 42.2 Å². The maximum atomic E-state index is 13.1. The van der Waals surface area contributed by atoms with Crippen LogP contribution in [0.15, 0.2) is 30.3 Å². The second-order valence-electron chi connectivity index (χ2n) is 9.31. The van der Waals surface area contributed by atoms with Crippen LogP contribution in [0, 0.1) is 5.92 Å². The summed E-state index contributed by atoms with van der Waals surface area (Å²) < 4.78 is 45.7. The van der Waals surface area contributed by atoms with Gasteiger partial charge in [-0.05, 0) is 43.0 Å². The summed E-state index contributed by atoms with van der Waals surface area (Å²) in [7, 11) is 0. The number of nitrogens with one attached hydrogen (secondary N) is 1. The number of rotatable bonds is 4. The molecule has 5 rings (SSSR count). The van der Waals surface area contributed by atoms with Crippen molar-refractivity contribution < 1.29 is 22.7 Å². The number of benzene rings is 1. The minimum atomic E-state index is -4.62. The molecular formula is C25H27F3N4O2S. The fourth-order valence-corrected chi connectivity index (χ4v) is 5.89. The standard InChI is InChI=1S/C25H27F3N4O2S/c1-15-5-7-16(8-6-15)24-31-19-13-20(32-9-11-34-12-10-32)18(14-21(19)35-24)30-23(33)17-3-2-4-22(29-17)25(26,27)28/h2-4,13-16H,5-12H2,1H3,(H,30,33). The highest BCUT2D eigenvalue weighted by atomic mass is 32.1. The van der Waals surface area contributed by atoms with Gasteiger partial charge in [0.05, 0.1) is 39.8 Å². The van der Waals surface area contributed by atoms with Gasteiger partial charge in [0.25, 0.3) is 5.91 Å². The van der Waals surface area contributed by atoms with Crippen LogP contribution in [-0.2, 0) is 10.9 Å². The molecule has 2 aliphatic rings. The van der Waals surface area contributed by atoms with Gasteiger partial charge in [0, 0.05) is 19.0 Å². The second kappa shape index (κ2) is 9.73. The van der Waals surface area contributed by atoms with Crippen LogP contribution in [0.4, 0.5) is 24.5 Å². The van der Waals surface area contributed by atoms with E-state index in [1.807, 2.05) is 12.1 Å². The van der Waals surface area contributed by atoms with Gasteiger partial charge >= 0.3 is 6.18 Å². The number of hydrogen-bond donors (Lipinski definition) is 1. The normalized spacial score (nSPS) is 21.3. The largest absolute Gasteiger partial charge is 0.433 e. The van der Waals surface area contributed by atoms with E-state index in [9.17, 15) is 18.0 Å². The molecule has 1 amide bonds. The van der Waals surface area contributed by atoms with Crippen molar-refractivity contribution >= 4 is 38.8 Å². The minimum Gasteiger partial charge on any atom is -0.378 e. The molecule has 0 unspecified atom stereocenters. The number of thiazole rings is 1. The molecule has 3 heterocycles. The smallest absolute Gasteiger partial charge is 0.378 e. The number of carbonyl (C=O) groups excluding carboxylic acids is 1. The Morgan fingerprint density at radius 3 is 2.57 bits per heavy atom. The fraction of sp³-hybridized carbons (Fsp3) is 0.480. The molecule has 0 radical (unpaired) electrons. The van der Waals surface area contributed by atoms with E-state index in [-0.39, 0.29) is 5.69 Å². The van der Waals surface area contributed by atoms with Crippen LogP contribution in [0.3, 0.4) is 0 Å². The Morgan fingerprint density at radius 2 is 1.86 bits per heavy atom. The quantitative estimate of drug-likeness (QED) is 0.466. The van der Waals surface area contributed by atoms with Crippen molar-refractivity contribution in [3.63, 3.8) is 0 Å². The Hall–Kier alpha value is -2.72. The van der Waals surface area contributed by atoms with Crippen molar-refractivity contribution in [3.8, 4) is 0 Å². The van der Waals surface area contributed by atoms with Crippen molar-refractivity contribution in [1.29, 1.82) is 0 Å². The molecule has 6 nitrogen and oxygen atoms in total. The topological polar surface area (TPSA) is 67.3 Å². The van der Waals surface area contributed by atoms with Gasteiger partial charge in [0.15, 0.2) is 0 Å². The van der Waals surface area contributed by atoms with E-state index < -0.39 is 17.8 Å². The van der Waals surface area contributed by atoms with Crippen LogP contribution in [0.25, 0.3) is 10.2 Å². The molecule has 0 spiro atoms. The third-order valence-corrected chi connectivity index (χ3v) is 7.94. The molecule has 1 saturated heterocycles. The molecule has 2 aromatic heterocycles. The van der Waals surface area contributed by atoms with Gasteiger partial charge in [-0.2, -0.15) is 13.2 Å². The molecule has 1 aliphatic carbocycles. The average Bonchev–Trinajstić information content (AvgIpc) is 3.27. The van der Waals surface area contributed by atoms with Crippen molar-refractivity contribution in [1.82, 2.24) is 9.97 Å². The van der Waals surface area contributed by atoms with Crippen LogP contribution in [0.5, 0.6) is 0 Å². The van der Waals surface area contributed by atoms with Gasteiger partial charge < -0.3 is 15.0 Å². The number of nitrogens with zero attached hydrogens (tertiary/aromatic N) is 3. The number of pyridine rings is 1. The third kappa shape index (κ3) is 5.28. The van der Waals surface area contributed by atoms with Crippen molar-refractivity contribution in [2.45, 2.75) is 44.7 Å². The van der Waals surface area contributed by atoms with E-state index in [0.717, 1.165) is 45.7 Å². The summed E-state index contributed by atoms with van der Waals surface area (Å²) in [5, 5.41) is 3.93. The van der Waals surface area contributed by atoms with Gasteiger partial charge in [0.1, 0.15) is 11.4 Å². The molecule has 35 heavy (non-hydrogen) atoms. The zero-order chi connectivity index (χ0) is 24.6. The molecule has 10 heteroatoms. The van der Waals surface area contributed by atoms with E-state index in [1.54, 1.807) is 11.3 Å². The van der Waals surface area contributed by atoms with E-state index >= 15 is 0 Å². The van der Waals surface area contributed by atoms with Gasteiger partial charge in [-0.15, -0.1) is 11.3 Å². The molecule has 1 aromatic carbocycles. The number of halogens is 3. The molecule has 186 valence electrons. The van der Waals surface area contributed by atoms with Gasteiger partial charge in [0.2, 0.25) is 0 Å². The summed E-state index contributed by atoms with van der Waals surface area (Å²) in [5.41, 5.74) is 0.823. The maximum absolute atomic E-state index is 13.1. The van der Waals surface area contributed by atoms with Crippen molar-refractivity contribution in [3.05, 3.63) is 46.7 Å². The molecule has 1 N–H and O–H groups in total. The highest BCUT2D eigenvalue weighted by Gasteiger charge is 2.33. The number of hydrogen-bond acceptors (Lipinski definition) is 6. The van der Waals surface area contributed by atoms with E-state index in [0.29, 0.717) is 37.9 Å². The molecule has 0 atom stereocenters. The Bertz CT molecular complexity index is 1220. The summed E-state index contributed by atoms with van der Waals surface area (Å²) in [4.78, 5) is 23.5. The second-order valence-corrected chi connectivity index (χ2v) is 10.4. The fourth-order valence-electron chi connectivity index (χ4n) is 4.73. The number of carbonyl (C=O) groups is 1. The van der Waals surface area contributed by atoms with E-state index in [2.05, 4.69) is 22.1 Å². The zero-order valence-corrected chi connectivity index (χ0v) is 20.2. The first kappa shape index (κ1) is 24.0. The van der Waals surface area contributed by atoms with Crippen molar-refractivity contribution in [2.75, 3.05) is 36.5 Å². The SMILES string of the molecule is CC1CCC(c2nc3cc(N4CCOCC4)c(NC(=O)c4cccc(C(F)(F)F)n4)cc3s2)CC1. The average molecular weight is 505 g/mol. The Kier molecular flexibility index (Phi) is 6.67. The number of anilines is 2. The lowest BCUT2D eigenvalue weighted by Crippen LogP contribution is -2.36. The summed E-state index contributed by atoms with van der Waals surface area (Å²) in [5.74, 6) is 0.513.